The molecule has 0 radical (unpaired) electrons. The molecule has 0 aliphatic carbocycles. The van der Waals surface area contributed by atoms with Crippen molar-refractivity contribution in [3.8, 4) is 22.6 Å². The summed E-state index contributed by atoms with van der Waals surface area (Å²) >= 11 is 0. The average molecular weight is 409 g/mol. The Morgan fingerprint density at radius 1 is 0.871 bits per heavy atom. The molecule has 1 heterocycles. The Hall–Kier alpha value is -3.99. The Bertz CT molecular complexity index is 1210. The second-order valence-corrected chi connectivity index (χ2v) is 7.44. The van der Waals surface area contributed by atoms with E-state index in [-0.39, 0.29) is 6.42 Å². The first-order valence-electron chi connectivity index (χ1n) is 10.1. The Kier molecular flexibility index (Phi) is 5.76. The van der Waals surface area contributed by atoms with Crippen LogP contribution in [0.25, 0.3) is 22.6 Å². The van der Waals surface area contributed by atoms with Gasteiger partial charge in [-0.25, -0.2) is 9.97 Å². The standard InChI is InChI=1S/C26H23N3O2/c1-17-10-8-9-15-20(17)21(26(30)31)16-22-23(18-11-4-2-5-12-18)28-25(29-24(22)27)19-13-6-3-7-14-19/h2-15,21H,16H2,1H3,(H,30,31)(H2,27,28,29). The molecule has 0 saturated carbocycles. The molecular weight excluding hydrogens is 386 g/mol. The SMILES string of the molecule is Cc1ccccc1C(Cc1c(N)nc(-c2ccccc2)nc1-c1ccccc1)C(=O)O. The van der Waals surface area contributed by atoms with Gasteiger partial charge < -0.3 is 10.8 Å². The number of hydrogen-bond acceptors (Lipinski definition) is 4. The number of aromatic nitrogens is 2. The van der Waals surface area contributed by atoms with Gasteiger partial charge in [-0.15, -0.1) is 0 Å². The van der Waals surface area contributed by atoms with Crippen molar-refractivity contribution in [2.45, 2.75) is 19.3 Å². The molecule has 0 fully saturated rings. The van der Waals surface area contributed by atoms with E-state index in [9.17, 15) is 9.90 Å². The van der Waals surface area contributed by atoms with Crippen molar-refractivity contribution in [2.24, 2.45) is 0 Å². The van der Waals surface area contributed by atoms with Crippen LogP contribution < -0.4 is 5.73 Å². The molecule has 3 aromatic carbocycles. The van der Waals surface area contributed by atoms with Crippen LogP contribution in [0, 0.1) is 6.92 Å². The summed E-state index contributed by atoms with van der Waals surface area (Å²) < 4.78 is 0. The summed E-state index contributed by atoms with van der Waals surface area (Å²) in [6, 6.07) is 26.8. The molecular formula is C26H23N3O2. The van der Waals surface area contributed by atoms with Crippen LogP contribution >= 0.6 is 0 Å². The highest BCUT2D eigenvalue weighted by molar-refractivity contribution is 5.79. The molecule has 3 N–H and O–H groups in total. The predicted molar refractivity (Wildman–Crippen MR) is 123 cm³/mol. The Morgan fingerprint density at radius 2 is 1.45 bits per heavy atom. The van der Waals surface area contributed by atoms with Crippen LogP contribution in [0.2, 0.25) is 0 Å². The first-order chi connectivity index (χ1) is 15.0. The van der Waals surface area contributed by atoms with Gasteiger partial charge in [0.15, 0.2) is 5.82 Å². The molecule has 0 spiro atoms. The number of aliphatic carboxylic acids is 1. The van der Waals surface area contributed by atoms with E-state index in [0.29, 0.717) is 22.9 Å². The Morgan fingerprint density at radius 3 is 2.06 bits per heavy atom. The van der Waals surface area contributed by atoms with Crippen molar-refractivity contribution in [2.75, 3.05) is 5.73 Å². The monoisotopic (exact) mass is 409 g/mol. The number of carboxylic acid groups (broad SMARTS) is 1. The number of nitrogens with two attached hydrogens (primary N) is 1. The maximum absolute atomic E-state index is 12.2. The van der Waals surface area contributed by atoms with Crippen molar-refractivity contribution >= 4 is 11.8 Å². The summed E-state index contributed by atoms with van der Waals surface area (Å²) in [6.45, 7) is 1.92. The van der Waals surface area contributed by atoms with E-state index < -0.39 is 11.9 Å². The Labute approximate surface area is 181 Å². The summed E-state index contributed by atoms with van der Waals surface area (Å²) in [5.41, 5.74) is 11.1. The summed E-state index contributed by atoms with van der Waals surface area (Å²) in [5, 5.41) is 10.0. The van der Waals surface area contributed by atoms with Crippen molar-refractivity contribution < 1.29 is 9.90 Å². The topological polar surface area (TPSA) is 89.1 Å². The Balaban J connectivity index is 1.87. The molecule has 1 unspecified atom stereocenters. The number of hydrogen-bond donors (Lipinski definition) is 2. The minimum absolute atomic E-state index is 0.200. The molecule has 5 nitrogen and oxygen atoms in total. The molecule has 0 bridgehead atoms. The second kappa shape index (κ2) is 8.79. The van der Waals surface area contributed by atoms with Crippen LogP contribution in [0.1, 0.15) is 22.6 Å². The third-order valence-corrected chi connectivity index (χ3v) is 5.39. The highest BCUT2D eigenvalue weighted by Crippen LogP contribution is 2.33. The maximum atomic E-state index is 12.2. The number of benzene rings is 3. The van der Waals surface area contributed by atoms with Gasteiger partial charge in [-0.05, 0) is 24.5 Å². The minimum Gasteiger partial charge on any atom is -0.481 e. The van der Waals surface area contributed by atoms with Crippen molar-refractivity contribution in [1.82, 2.24) is 9.97 Å². The van der Waals surface area contributed by atoms with Gasteiger partial charge in [-0.1, -0.05) is 84.9 Å². The fraction of sp³-hybridized carbons (Fsp3) is 0.115. The number of carbonyl (C=O) groups is 1. The third-order valence-electron chi connectivity index (χ3n) is 5.39. The number of nitrogen functional groups attached to an aromatic ring is 1. The lowest BCUT2D eigenvalue weighted by molar-refractivity contribution is -0.138. The number of carboxylic acids is 1. The van der Waals surface area contributed by atoms with Gasteiger partial charge in [-0.3, -0.25) is 4.79 Å². The van der Waals surface area contributed by atoms with Gasteiger partial charge in [0.05, 0.1) is 11.6 Å². The van der Waals surface area contributed by atoms with Crippen LogP contribution in [0.4, 0.5) is 5.82 Å². The summed E-state index contributed by atoms with van der Waals surface area (Å²) in [6.07, 6.45) is 0.200. The van der Waals surface area contributed by atoms with E-state index >= 15 is 0 Å². The van der Waals surface area contributed by atoms with Gasteiger partial charge in [-0.2, -0.15) is 0 Å². The first kappa shape index (κ1) is 20.3. The van der Waals surface area contributed by atoms with Crippen molar-refractivity contribution in [1.29, 1.82) is 0 Å². The lowest BCUT2D eigenvalue weighted by atomic mass is 9.88. The quantitative estimate of drug-likeness (QED) is 0.462. The fourth-order valence-electron chi connectivity index (χ4n) is 3.77. The summed E-state index contributed by atoms with van der Waals surface area (Å²) in [7, 11) is 0. The van der Waals surface area contributed by atoms with Crippen LogP contribution in [0.5, 0.6) is 0 Å². The molecule has 4 aromatic rings. The highest BCUT2D eigenvalue weighted by Gasteiger charge is 2.26. The minimum atomic E-state index is -0.903. The third kappa shape index (κ3) is 4.31. The van der Waals surface area contributed by atoms with E-state index in [1.807, 2.05) is 91.9 Å². The zero-order valence-corrected chi connectivity index (χ0v) is 17.2. The van der Waals surface area contributed by atoms with Crippen molar-refractivity contribution in [3.05, 3.63) is 102 Å². The predicted octanol–water partition coefficient (Wildman–Crippen LogP) is 5.11. The van der Waals surface area contributed by atoms with Crippen LogP contribution in [0.3, 0.4) is 0 Å². The number of aryl methyl sites for hydroxylation is 1. The maximum Gasteiger partial charge on any atom is 0.311 e. The van der Waals surface area contributed by atoms with Crippen LogP contribution in [-0.2, 0) is 11.2 Å². The molecule has 31 heavy (non-hydrogen) atoms. The van der Waals surface area contributed by atoms with E-state index in [1.165, 1.54) is 0 Å². The number of nitrogens with zero attached hydrogens (tertiary/aromatic N) is 2. The van der Waals surface area contributed by atoms with Crippen LogP contribution in [0.15, 0.2) is 84.9 Å². The van der Waals surface area contributed by atoms with E-state index in [1.54, 1.807) is 0 Å². The molecule has 4 rings (SSSR count). The molecule has 0 aliphatic rings. The molecule has 0 aliphatic heterocycles. The molecule has 0 amide bonds. The number of rotatable bonds is 6. The first-order valence-corrected chi connectivity index (χ1v) is 10.1. The van der Waals surface area contributed by atoms with Gasteiger partial charge in [0, 0.05) is 16.7 Å². The lowest BCUT2D eigenvalue weighted by Crippen LogP contribution is -2.18. The number of anilines is 1. The van der Waals surface area contributed by atoms with E-state index in [4.69, 9.17) is 10.7 Å². The van der Waals surface area contributed by atoms with Gasteiger partial charge in [0.1, 0.15) is 5.82 Å². The molecule has 5 heteroatoms. The zero-order valence-electron chi connectivity index (χ0n) is 17.2. The molecule has 154 valence electrons. The largest absolute Gasteiger partial charge is 0.481 e. The second-order valence-electron chi connectivity index (χ2n) is 7.44. The average Bonchev–Trinajstić information content (AvgIpc) is 2.79. The van der Waals surface area contributed by atoms with Crippen LogP contribution in [-0.4, -0.2) is 21.0 Å². The smallest absolute Gasteiger partial charge is 0.311 e. The fourth-order valence-corrected chi connectivity index (χ4v) is 3.77. The molecule has 0 saturated heterocycles. The zero-order chi connectivity index (χ0) is 21.8. The normalized spacial score (nSPS) is 11.8. The van der Waals surface area contributed by atoms with E-state index in [2.05, 4.69) is 4.98 Å². The van der Waals surface area contributed by atoms with E-state index in [0.717, 1.165) is 22.3 Å². The highest BCUT2D eigenvalue weighted by atomic mass is 16.4. The van der Waals surface area contributed by atoms with Gasteiger partial charge >= 0.3 is 5.97 Å². The van der Waals surface area contributed by atoms with Gasteiger partial charge in [0.25, 0.3) is 0 Å². The molecule has 1 aromatic heterocycles. The molecule has 1 atom stereocenters. The lowest BCUT2D eigenvalue weighted by Gasteiger charge is -2.19. The van der Waals surface area contributed by atoms with Gasteiger partial charge in [0.2, 0.25) is 0 Å². The van der Waals surface area contributed by atoms with Crippen molar-refractivity contribution in [3.63, 3.8) is 0 Å². The summed E-state index contributed by atoms with van der Waals surface area (Å²) in [4.78, 5) is 21.6. The summed E-state index contributed by atoms with van der Waals surface area (Å²) in [5.74, 6) is -0.840.